The number of rotatable bonds is 3. The minimum absolute atomic E-state index is 0.251. The lowest BCUT2D eigenvalue weighted by Crippen LogP contribution is -2.02. The van der Waals surface area contributed by atoms with Crippen molar-refractivity contribution in [2.45, 2.75) is 6.54 Å². The number of nitrogens with zero attached hydrogens (tertiary/aromatic N) is 1. The summed E-state index contributed by atoms with van der Waals surface area (Å²) in [5.41, 5.74) is 2.58. The average molecular weight is 581 g/mol. The number of aromatic hydroxyl groups is 1. The lowest BCUT2D eigenvalue weighted by molar-refractivity contribution is 0.476. The second-order valence-corrected chi connectivity index (χ2v) is 7.99. The fraction of sp³-hybridized carbons (Fsp3) is 0.0625. The normalized spacial score (nSPS) is 10.9. The Morgan fingerprint density at radius 3 is 2.50 bits per heavy atom. The van der Waals surface area contributed by atoms with Gasteiger partial charge >= 0.3 is 0 Å². The van der Waals surface area contributed by atoms with Crippen LogP contribution in [0.3, 0.4) is 0 Å². The third-order valence-electron chi connectivity index (χ3n) is 3.23. The maximum absolute atomic E-state index is 10.2. The molecule has 3 aromatic rings. The lowest BCUT2D eigenvalue weighted by atomic mass is 10.2. The molecule has 0 unspecified atom stereocenters. The molecule has 22 heavy (non-hydrogen) atoms. The van der Waals surface area contributed by atoms with Crippen molar-refractivity contribution in [3.63, 3.8) is 0 Å². The van der Waals surface area contributed by atoms with Gasteiger partial charge in [-0.1, -0.05) is 15.9 Å². The van der Waals surface area contributed by atoms with Crippen molar-refractivity contribution in [3.8, 4) is 5.75 Å². The molecule has 1 heterocycles. The molecule has 1 aromatic heterocycles. The number of phenolic OH excluding ortho intramolecular Hbond substituents is 1. The van der Waals surface area contributed by atoms with E-state index in [0.717, 1.165) is 28.4 Å². The Morgan fingerprint density at radius 2 is 1.77 bits per heavy atom. The van der Waals surface area contributed by atoms with Gasteiger partial charge in [-0.15, -0.1) is 0 Å². The van der Waals surface area contributed by atoms with Crippen molar-refractivity contribution >= 4 is 77.7 Å². The van der Waals surface area contributed by atoms with E-state index in [2.05, 4.69) is 71.4 Å². The van der Waals surface area contributed by atoms with Gasteiger partial charge in [0.05, 0.1) is 15.8 Å². The lowest BCUT2D eigenvalue weighted by Gasteiger charge is -2.09. The van der Waals surface area contributed by atoms with Gasteiger partial charge in [0.1, 0.15) is 5.52 Å². The number of pyridine rings is 1. The monoisotopic (exact) mass is 580 g/mol. The van der Waals surface area contributed by atoms with Crippen molar-refractivity contribution < 1.29 is 5.11 Å². The Hall–Kier alpha value is -0.610. The zero-order valence-electron chi connectivity index (χ0n) is 11.3. The second-order valence-electron chi connectivity index (χ2n) is 4.75. The predicted molar refractivity (Wildman–Crippen MR) is 110 cm³/mol. The van der Waals surface area contributed by atoms with Gasteiger partial charge in [-0.2, -0.15) is 0 Å². The van der Waals surface area contributed by atoms with E-state index in [1.54, 1.807) is 0 Å². The van der Waals surface area contributed by atoms with E-state index in [0.29, 0.717) is 12.1 Å². The molecule has 2 N–H and O–H groups in total. The van der Waals surface area contributed by atoms with Crippen molar-refractivity contribution in [1.29, 1.82) is 0 Å². The van der Waals surface area contributed by atoms with E-state index in [1.165, 1.54) is 0 Å². The molecule has 0 aliphatic rings. The fourth-order valence-electron chi connectivity index (χ4n) is 2.10. The molecule has 0 aliphatic carbocycles. The van der Waals surface area contributed by atoms with Gasteiger partial charge < -0.3 is 10.4 Å². The van der Waals surface area contributed by atoms with E-state index >= 15 is 0 Å². The van der Waals surface area contributed by atoms with Crippen LogP contribution in [0, 0.1) is 7.14 Å². The number of benzene rings is 2. The summed E-state index contributed by atoms with van der Waals surface area (Å²) in [5.74, 6) is 0.251. The fourth-order valence-corrected chi connectivity index (χ4v) is 4.28. The highest BCUT2D eigenvalue weighted by Crippen LogP contribution is 2.32. The van der Waals surface area contributed by atoms with Crippen LogP contribution in [0.1, 0.15) is 5.69 Å². The Labute approximate surface area is 163 Å². The first-order valence-corrected chi connectivity index (χ1v) is 9.45. The SMILES string of the molecule is Oc1c(I)cc(I)c2ccc(CNc3ccc(Br)cc3)nc12. The minimum atomic E-state index is 0.251. The third-order valence-corrected chi connectivity index (χ3v) is 5.48. The Kier molecular flexibility index (Phi) is 5.08. The van der Waals surface area contributed by atoms with Crippen LogP contribution in [0.2, 0.25) is 0 Å². The smallest absolute Gasteiger partial charge is 0.155 e. The molecule has 0 aliphatic heterocycles. The molecule has 2 aromatic carbocycles. The molecular weight excluding hydrogens is 570 g/mol. The van der Waals surface area contributed by atoms with Crippen molar-refractivity contribution in [2.24, 2.45) is 0 Å². The van der Waals surface area contributed by atoms with E-state index < -0.39 is 0 Å². The first kappa shape index (κ1) is 16.3. The number of hydrogen-bond acceptors (Lipinski definition) is 3. The molecule has 0 radical (unpaired) electrons. The van der Waals surface area contributed by atoms with Gasteiger partial charge in [0.2, 0.25) is 0 Å². The van der Waals surface area contributed by atoms with E-state index in [9.17, 15) is 5.11 Å². The van der Waals surface area contributed by atoms with E-state index in [-0.39, 0.29) is 5.75 Å². The zero-order valence-corrected chi connectivity index (χ0v) is 17.2. The highest BCUT2D eigenvalue weighted by molar-refractivity contribution is 14.1. The number of phenols is 1. The molecule has 3 nitrogen and oxygen atoms in total. The van der Waals surface area contributed by atoms with Crippen LogP contribution in [0.25, 0.3) is 10.9 Å². The molecule has 6 heteroatoms. The molecular formula is C16H11BrI2N2O. The van der Waals surface area contributed by atoms with Crippen LogP contribution in [0.5, 0.6) is 5.75 Å². The average Bonchev–Trinajstić information content (AvgIpc) is 2.52. The number of hydrogen-bond donors (Lipinski definition) is 2. The van der Waals surface area contributed by atoms with Crippen LogP contribution < -0.4 is 5.32 Å². The van der Waals surface area contributed by atoms with Crippen LogP contribution in [0.15, 0.2) is 46.9 Å². The molecule has 112 valence electrons. The summed E-state index contributed by atoms with van der Waals surface area (Å²) in [4.78, 5) is 4.60. The molecule has 0 saturated heterocycles. The summed E-state index contributed by atoms with van der Waals surface area (Å²) in [6, 6.07) is 14.0. The molecule has 0 spiro atoms. The Balaban J connectivity index is 1.88. The summed E-state index contributed by atoms with van der Waals surface area (Å²) >= 11 is 7.82. The van der Waals surface area contributed by atoms with Crippen LogP contribution in [-0.2, 0) is 6.54 Å². The van der Waals surface area contributed by atoms with Gasteiger partial charge in [-0.25, -0.2) is 4.98 Å². The Morgan fingerprint density at radius 1 is 1.05 bits per heavy atom. The summed E-state index contributed by atoms with van der Waals surface area (Å²) in [6.45, 7) is 0.610. The van der Waals surface area contributed by atoms with Crippen molar-refractivity contribution in [1.82, 2.24) is 4.98 Å². The summed E-state index contributed by atoms with van der Waals surface area (Å²) in [7, 11) is 0. The number of aromatic nitrogens is 1. The summed E-state index contributed by atoms with van der Waals surface area (Å²) in [6.07, 6.45) is 0. The van der Waals surface area contributed by atoms with Crippen molar-refractivity contribution in [3.05, 3.63) is 59.8 Å². The highest BCUT2D eigenvalue weighted by atomic mass is 127. The van der Waals surface area contributed by atoms with Crippen LogP contribution >= 0.6 is 61.1 Å². The topological polar surface area (TPSA) is 45.1 Å². The van der Waals surface area contributed by atoms with E-state index in [4.69, 9.17) is 0 Å². The first-order valence-electron chi connectivity index (χ1n) is 6.50. The summed E-state index contributed by atoms with van der Waals surface area (Å²) < 4.78 is 2.96. The van der Waals surface area contributed by atoms with Gasteiger partial charge in [-0.3, -0.25) is 0 Å². The second kappa shape index (κ2) is 6.88. The molecule has 0 fully saturated rings. The molecule has 3 rings (SSSR count). The maximum Gasteiger partial charge on any atom is 0.155 e. The molecule has 0 saturated carbocycles. The van der Waals surface area contributed by atoms with E-state index in [1.807, 2.05) is 42.5 Å². The first-order chi connectivity index (χ1) is 10.5. The third kappa shape index (κ3) is 3.48. The standard InChI is InChI=1S/C16H11BrI2N2O/c17-9-1-3-10(4-2-9)20-8-11-5-6-12-13(18)7-14(19)16(22)15(12)21-11/h1-7,20,22H,8H2. The predicted octanol–water partition coefficient (Wildman–Crippen LogP) is 5.52. The van der Waals surface area contributed by atoms with Crippen LogP contribution in [-0.4, -0.2) is 10.1 Å². The maximum atomic E-state index is 10.2. The highest BCUT2D eigenvalue weighted by Gasteiger charge is 2.10. The number of nitrogens with one attached hydrogen (secondary N) is 1. The number of fused-ring (bicyclic) bond motifs is 1. The zero-order chi connectivity index (χ0) is 15.7. The largest absolute Gasteiger partial charge is 0.505 e. The van der Waals surface area contributed by atoms with Gasteiger partial charge in [0.15, 0.2) is 5.75 Å². The Bertz CT molecular complexity index is 838. The van der Waals surface area contributed by atoms with Crippen molar-refractivity contribution in [2.75, 3.05) is 5.32 Å². The molecule has 0 bridgehead atoms. The minimum Gasteiger partial charge on any atom is -0.505 e. The quantitative estimate of drug-likeness (QED) is 0.401. The van der Waals surface area contributed by atoms with Gasteiger partial charge in [0.25, 0.3) is 0 Å². The van der Waals surface area contributed by atoms with Gasteiger partial charge in [-0.05, 0) is 87.6 Å². The van der Waals surface area contributed by atoms with Crippen LogP contribution in [0.4, 0.5) is 5.69 Å². The molecule has 0 atom stereocenters. The molecule has 0 amide bonds. The summed E-state index contributed by atoms with van der Waals surface area (Å²) in [5, 5.41) is 14.5. The number of halogens is 3. The number of anilines is 1. The van der Waals surface area contributed by atoms with Gasteiger partial charge in [0, 0.05) is 19.1 Å².